The molecular formula is C17H18BrN3O3. The summed E-state index contributed by atoms with van der Waals surface area (Å²) in [7, 11) is 0. The molecule has 7 heteroatoms. The van der Waals surface area contributed by atoms with Crippen LogP contribution in [0.2, 0.25) is 0 Å². The Bertz CT molecular complexity index is 745. The smallest absolute Gasteiger partial charge is 0.254 e. The molecule has 1 atom stereocenters. The monoisotopic (exact) mass is 391 g/mol. The second-order valence-corrected chi connectivity index (χ2v) is 7.75. The molecule has 2 N–H and O–H groups in total. The highest BCUT2D eigenvalue weighted by molar-refractivity contribution is 9.10. The van der Waals surface area contributed by atoms with Gasteiger partial charge in [0.1, 0.15) is 6.04 Å². The summed E-state index contributed by atoms with van der Waals surface area (Å²) in [6.07, 6.45) is 2.67. The number of benzene rings is 1. The minimum Gasteiger partial charge on any atom is -0.354 e. The van der Waals surface area contributed by atoms with Crippen molar-refractivity contribution in [1.82, 2.24) is 15.5 Å². The number of fused-ring (bicyclic) bond motifs is 2. The molecule has 3 amide bonds. The predicted octanol–water partition coefficient (Wildman–Crippen LogP) is 0.941. The predicted molar refractivity (Wildman–Crippen MR) is 90.5 cm³/mol. The molecule has 6 nitrogen and oxygen atoms in total. The number of nitrogens with one attached hydrogen (secondary N) is 2. The number of halogens is 1. The topological polar surface area (TPSA) is 78.5 Å². The number of rotatable bonds is 3. The third-order valence-electron chi connectivity index (χ3n) is 5.14. The van der Waals surface area contributed by atoms with E-state index in [2.05, 4.69) is 26.6 Å². The maximum atomic E-state index is 12.7. The van der Waals surface area contributed by atoms with E-state index in [-0.39, 0.29) is 29.7 Å². The SMILES string of the molecule is O=C(CN1CC2(CC2)c2cc(Br)ccc2C1=O)NC1CCNC1=O. The minimum atomic E-state index is -0.476. The van der Waals surface area contributed by atoms with Crippen LogP contribution >= 0.6 is 15.9 Å². The minimum absolute atomic E-state index is 0.000132. The van der Waals surface area contributed by atoms with Crippen LogP contribution in [0.4, 0.5) is 0 Å². The maximum Gasteiger partial charge on any atom is 0.254 e. The molecule has 1 aromatic carbocycles. The molecule has 0 aromatic heterocycles. The van der Waals surface area contributed by atoms with Gasteiger partial charge in [-0.15, -0.1) is 0 Å². The first kappa shape index (κ1) is 15.6. The number of hydrogen-bond acceptors (Lipinski definition) is 3. The molecule has 1 aliphatic carbocycles. The average Bonchev–Trinajstić information content (AvgIpc) is 3.21. The summed E-state index contributed by atoms with van der Waals surface area (Å²) in [5.41, 5.74) is 1.78. The van der Waals surface area contributed by atoms with Crippen molar-refractivity contribution < 1.29 is 14.4 Å². The van der Waals surface area contributed by atoms with Crippen LogP contribution in [0, 0.1) is 0 Å². The van der Waals surface area contributed by atoms with Crippen molar-refractivity contribution in [3.8, 4) is 0 Å². The van der Waals surface area contributed by atoms with E-state index in [1.807, 2.05) is 18.2 Å². The van der Waals surface area contributed by atoms with E-state index in [0.29, 0.717) is 25.1 Å². The summed E-state index contributed by atoms with van der Waals surface area (Å²) in [6, 6.07) is 5.24. The molecule has 1 saturated heterocycles. The fourth-order valence-corrected chi connectivity index (χ4v) is 4.05. The lowest BCUT2D eigenvalue weighted by Crippen LogP contribution is -2.50. The van der Waals surface area contributed by atoms with Crippen LogP contribution in [-0.2, 0) is 15.0 Å². The zero-order valence-corrected chi connectivity index (χ0v) is 14.7. The van der Waals surface area contributed by atoms with E-state index >= 15 is 0 Å². The van der Waals surface area contributed by atoms with E-state index < -0.39 is 6.04 Å². The number of amides is 3. The van der Waals surface area contributed by atoms with Crippen molar-refractivity contribution in [3.63, 3.8) is 0 Å². The molecule has 0 radical (unpaired) electrons. The summed E-state index contributed by atoms with van der Waals surface area (Å²) in [4.78, 5) is 38.2. The van der Waals surface area contributed by atoms with E-state index in [9.17, 15) is 14.4 Å². The largest absolute Gasteiger partial charge is 0.354 e. The lowest BCUT2D eigenvalue weighted by atomic mass is 9.86. The van der Waals surface area contributed by atoms with Crippen LogP contribution < -0.4 is 10.6 Å². The van der Waals surface area contributed by atoms with Crippen LogP contribution in [0.1, 0.15) is 35.2 Å². The van der Waals surface area contributed by atoms with E-state index in [1.165, 1.54) is 0 Å². The number of carbonyl (C=O) groups is 3. The van der Waals surface area contributed by atoms with Gasteiger partial charge in [-0.1, -0.05) is 15.9 Å². The summed E-state index contributed by atoms with van der Waals surface area (Å²) in [5.74, 6) is -0.537. The third kappa shape index (κ3) is 2.60. The third-order valence-corrected chi connectivity index (χ3v) is 5.63. The van der Waals surface area contributed by atoms with Crippen LogP contribution in [0.25, 0.3) is 0 Å². The highest BCUT2D eigenvalue weighted by atomic mass is 79.9. The summed E-state index contributed by atoms with van der Waals surface area (Å²) < 4.78 is 0.971. The van der Waals surface area contributed by atoms with Gasteiger partial charge in [0.25, 0.3) is 5.91 Å². The van der Waals surface area contributed by atoms with Crippen molar-refractivity contribution in [2.24, 2.45) is 0 Å². The lowest BCUT2D eigenvalue weighted by molar-refractivity contribution is -0.127. The Kier molecular flexibility index (Phi) is 3.63. The van der Waals surface area contributed by atoms with Gasteiger partial charge < -0.3 is 15.5 Å². The van der Waals surface area contributed by atoms with Gasteiger partial charge >= 0.3 is 0 Å². The zero-order chi connectivity index (χ0) is 16.9. The van der Waals surface area contributed by atoms with Gasteiger partial charge in [0.05, 0.1) is 6.54 Å². The second-order valence-electron chi connectivity index (χ2n) is 6.83. The van der Waals surface area contributed by atoms with Gasteiger partial charge in [0.15, 0.2) is 0 Å². The molecule has 2 aliphatic heterocycles. The Morgan fingerprint density at radius 3 is 2.83 bits per heavy atom. The van der Waals surface area contributed by atoms with Gasteiger partial charge in [0.2, 0.25) is 11.8 Å². The molecule has 1 aromatic rings. The standard InChI is InChI=1S/C17H18BrN3O3/c18-10-1-2-11-12(7-10)17(4-5-17)9-21(16(11)24)8-14(22)20-13-3-6-19-15(13)23/h1-2,7,13H,3-6,8-9H2,(H,19,23)(H,20,22). The Balaban J connectivity index is 1.51. The molecule has 1 saturated carbocycles. The van der Waals surface area contributed by atoms with Gasteiger partial charge in [-0.25, -0.2) is 0 Å². The van der Waals surface area contributed by atoms with Crippen LogP contribution in [0.3, 0.4) is 0 Å². The molecule has 2 fully saturated rings. The summed E-state index contributed by atoms with van der Waals surface area (Å²) in [5, 5.41) is 5.42. The van der Waals surface area contributed by atoms with Crippen LogP contribution in [0.15, 0.2) is 22.7 Å². The van der Waals surface area contributed by atoms with Crippen molar-refractivity contribution in [2.75, 3.05) is 19.6 Å². The van der Waals surface area contributed by atoms with Crippen molar-refractivity contribution in [2.45, 2.75) is 30.7 Å². The van der Waals surface area contributed by atoms with Gasteiger partial charge in [-0.3, -0.25) is 14.4 Å². The first-order valence-electron chi connectivity index (χ1n) is 8.15. The second kappa shape index (κ2) is 5.58. The van der Waals surface area contributed by atoms with E-state index in [0.717, 1.165) is 22.9 Å². The highest BCUT2D eigenvalue weighted by Crippen LogP contribution is 2.52. The molecule has 4 rings (SSSR count). The Morgan fingerprint density at radius 2 is 2.17 bits per heavy atom. The molecular weight excluding hydrogens is 374 g/mol. The Labute approximate surface area is 148 Å². The lowest BCUT2D eigenvalue weighted by Gasteiger charge is -2.34. The zero-order valence-electron chi connectivity index (χ0n) is 13.1. The summed E-state index contributed by atoms with van der Waals surface area (Å²) in [6.45, 7) is 1.15. The van der Waals surface area contributed by atoms with Gasteiger partial charge in [-0.2, -0.15) is 0 Å². The number of carbonyl (C=O) groups excluding carboxylic acids is 3. The van der Waals surface area contributed by atoms with Crippen molar-refractivity contribution in [1.29, 1.82) is 0 Å². The normalized spacial score (nSPS) is 23.9. The number of hydrogen-bond donors (Lipinski definition) is 2. The molecule has 1 unspecified atom stereocenters. The molecule has 2 heterocycles. The molecule has 3 aliphatic rings. The van der Waals surface area contributed by atoms with Gasteiger partial charge in [-0.05, 0) is 43.0 Å². The molecule has 0 bridgehead atoms. The fraction of sp³-hybridized carbons (Fsp3) is 0.471. The van der Waals surface area contributed by atoms with Crippen molar-refractivity contribution in [3.05, 3.63) is 33.8 Å². The Morgan fingerprint density at radius 1 is 1.38 bits per heavy atom. The molecule has 24 heavy (non-hydrogen) atoms. The van der Waals surface area contributed by atoms with E-state index in [4.69, 9.17) is 0 Å². The fourth-order valence-electron chi connectivity index (χ4n) is 3.69. The van der Waals surface area contributed by atoms with Gasteiger partial charge in [0, 0.05) is 28.5 Å². The summed E-state index contributed by atoms with van der Waals surface area (Å²) >= 11 is 3.47. The number of nitrogens with zero attached hydrogens (tertiary/aromatic N) is 1. The quantitative estimate of drug-likeness (QED) is 0.804. The van der Waals surface area contributed by atoms with Crippen LogP contribution in [0.5, 0.6) is 0 Å². The average molecular weight is 392 g/mol. The van der Waals surface area contributed by atoms with E-state index in [1.54, 1.807) is 4.90 Å². The first-order chi connectivity index (χ1) is 11.5. The molecule has 126 valence electrons. The van der Waals surface area contributed by atoms with Crippen LogP contribution in [-0.4, -0.2) is 48.3 Å². The Hall–Kier alpha value is -1.89. The first-order valence-corrected chi connectivity index (χ1v) is 8.94. The maximum absolute atomic E-state index is 12.7. The molecule has 1 spiro atoms. The highest BCUT2D eigenvalue weighted by Gasteiger charge is 2.51. The van der Waals surface area contributed by atoms with Crippen molar-refractivity contribution >= 4 is 33.7 Å².